The number of nitrogens with one attached hydrogen (secondary N) is 1. The second kappa shape index (κ2) is 6.89. The van der Waals surface area contributed by atoms with Crippen molar-refractivity contribution in [3.8, 4) is 11.3 Å². The van der Waals surface area contributed by atoms with Gasteiger partial charge in [-0.2, -0.15) is 0 Å². The van der Waals surface area contributed by atoms with Crippen LogP contribution in [0, 0.1) is 0 Å². The largest absolute Gasteiger partial charge is 0.302 e. The maximum absolute atomic E-state index is 11.5. The second-order valence-electron chi connectivity index (χ2n) is 3.89. The minimum Gasteiger partial charge on any atom is -0.302 e. The zero-order chi connectivity index (χ0) is 13.7. The van der Waals surface area contributed by atoms with Crippen LogP contribution in [0.4, 0.5) is 5.13 Å². The van der Waals surface area contributed by atoms with Gasteiger partial charge in [-0.3, -0.25) is 4.79 Å². The first-order chi connectivity index (χ1) is 9.19. The van der Waals surface area contributed by atoms with Crippen LogP contribution in [0.15, 0.2) is 29.6 Å². The van der Waals surface area contributed by atoms with Crippen molar-refractivity contribution in [3.05, 3.63) is 34.7 Å². The molecule has 0 bridgehead atoms. The van der Waals surface area contributed by atoms with Crippen molar-refractivity contribution in [2.45, 2.75) is 12.8 Å². The highest BCUT2D eigenvalue weighted by Gasteiger charge is 2.07. The van der Waals surface area contributed by atoms with E-state index in [1.165, 1.54) is 11.3 Å². The topological polar surface area (TPSA) is 42.0 Å². The Morgan fingerprint density at radius 1 is 1.32 bits per heavy atom. The average Bonchev–Trinajstić information content (AvgIpc) is 2.85. The molecule has 0 saturated carbocycles. The number of anilines is 1. The number of aromatic nitrogens is 1. The fourth-order valence-corrected chi connectivity index (χ4v) is 2.49. The highest BCUT2D eigenvalue weighted by molar-refractivity contribution is 7.14. The van der Waals surface area contributed by atoms with Crippen LogP contribution in [0.5, 0.6) is 0 Å². The summed E-state index contributed by atoms with van der Waals surface area (Å²) in [5.41, 5.74) is 1.80. The zero-order valence-corrected chi connectivity index (χ0v) is 12.4. The minimum atomic E-state index is -0.0577. The summed E-state index contributed by atoms with van der Waals surface area (Å²) < 4.78 is 0. The predicted octanol–water partition coefficient (Wildman–Crippen LogP) is 4.42. The molecule has 1 heterocycles. The number of thiazole rings is 1. The Balaban J connectivity index is 2.02. The molecule has 0 unspecified atom stereocenters. The molecule has 0 radical (unpaired) electrons. The van der Waals surface area contributed by atoms with E-state index in [-0.39, 0.29) is 5.91 Å². The van der Waals surface area contributed by atoms with Crippen molar-refractivity contribution >= 4 is 45.6 Å². The lowest BCUT2D eigenvalue weighted by molar-refractivity contribution is -0.116. The summed E-state index contributed by atoms with van der Waals surface area (Å²) in [7, 11) is 0. The van der Waals surface area contributed by atoms with Gasteiger partial charge in [0, 0.05) is 28.3 Å². The number of carbonyl (C=O) groups excluding carboxylic acids is 1. The molecule has 0 atom stereocenters. The van der Waals surface area contributed by atoms with E-state index in [1.54, 1.807) is 0 Å². The lowest BCUT2D eigenvalue weighted by Crippen LogP contribution is -2.10. The second-order valence-corrected chi connectivity index (χ2v) is 5.56. The fraction of sp³-hybridized carbons (Fsp3) is 0.231. The molecule has 0 spiro atoms. The van der Waals surface area contributed by atoms with E-state index in [0.717, 1.165) is 11.3 Å². The van der Waals surface area contributed by atoms with Gasteiger partial charge >= 0.3 is 0 Å². The van der Waals surface area contributed by atoms with E-state index in [0.29, 0.717) is 28.9 Å². The lowest BCUT2D eigenvalue weighted by atomic mass is 10.2. The molecule has 2 rings (SSSR count). The summed E-state index contributed by atoms with van der Waals surface area (Å²) in [6, 6.07) is 7.43. The predicted molar refractivity (Wildman–Crippen MR) is 81.1 cm³/mol. The molecule has 19 heavy (non-hydrogen) atoms. The number of halogens is 2. The van der Waals surface area contributed by atoms with Gasteiger partial charge in [-0.15, -0.1) is 22.9 Å². The number of hydrogen-bond acceptors (Lipinski definition) is 3. The van der Waals surface area contributed by atoms with E-state index in [2.05, 4.69) is 10.3 Å². The third-order valence-electron chi connectivity index (χ3n) is 2.43. The maximum Gasteiger partial charge on any atom is 0.226 e. The molecule has 1 N–H and O–H groups in total. The van der Waals surface area contributed by atoms with Crippen molar-refractivity contribution < 1.29 is 4.79 Å². The number of nitrogens with zero attached hydrogens (tertiary/aromatic N) is 1. The van der Waals surface area contributed by atoms with Gasteiger partial charge in [0.15, 0.2) is 5.13 Å². The van der Waals surface area contributed by atoms with E-state index >= 15 is 0 Å². The molecule has 6 heteroatoms. The smallest absolute Gasteiger partial charge is 0.226 e. The summed E-state index contributed by atoms with van der Waals surface area (Å²) in [6.45, 7) is 0. The van der Waals surface area contributed by atoms with E-state index in [1.807, 2.05) is 29.6 Å². The number of amides is 1. The molecule has 1 amide bonds. The number of hydrogen-bond donors (Lipinski definition) is 1. The van der Waals surface area contributed by atoms with Gasteiger partial charge < -0.3 is 5.32 Å². The van der Waals surface area contributed by atoms with Crippen molar-refractivity contribution in [3.63, 3.8) is 0 Å². The molecule has 100 valence electrons. The molecule has 0 saturated heterocycles. The van der Waals surface area contributed by atoms with Gasteiger partial charge in [0.1, 0.15) is 0 Å². The molecule has 1 aromatic heterocycles. The van der Waals surface area contributed by atoms with Crippen LogP contribution in [0.1, 0.15) is 12.8 Å². The fourth-order valence-electron chi connectivity index (χ4n) is 1.49. The average molecular weight is 315 g/mol. The van der Waals surface area contributed by atoms with Crippen LogP contribution >= 0.6 is 34.5 Å². The SMILES string of the molecule is O=C(CCCCl)Nc1nc(-c2ccc(Cl)cc2)cs1. The number of benzene rings is 1. The van der Waals surface area contributed by atoms with E-state index < -0.39 is 0 Å². The van der Waals surface area contributed by atoms with Crippen molar-refractivity contribution in [1.29, 1.82) is 0 Å². The first-order valence-corrected chi connectivity index (χ1v) is 7.55. The quantitative estimate of drug-likeness (QED) is 0.830. The highest BCUT2D eigenvalue weighted by Crippen LogP contribution is 2.26. The van der Waals surface area contributed by atoms with Gasteiger partial charge in [0.2, 0.25) is 5.91 Å². The van der Waals surface area contributed by atoms with Crippen LogP contribution in [0.3, 0.4) is 0 Å². The van der Waals surface area contributed by atoms with Crippen LogP contribution in [0.25, 0.3) is 11.3 Å². The summed E-state index contributed by atoms with van der Waals surface area (Å²) in [6.07, 6.45) is 1.09. The Hall–Kier alpha value is -1.10. The Morgan fingerprint density at radius 2 is 2.05 bits per heavy atom. The molecule has 3 nitrogen and oxygen atoms in total. The third-order valence-corrected chi connectivity index (χ3v) is 3.70. The molecule has 0 aliphatic carbocycles. The van der Waals surface area contributed by atoms with Crippen molar-refractivity contribution in [2.75, 3.05) is 11.2 Å². The first kappa shape index (κ1) is 14.3. The van der Waals surface area contributed by atoms with E-state index in [9.17, 15) is 4.79 Å². The van der Waals surface area contributed by atoms with Crippen LogP contribution in [-0.2, 0) is 4.79 Å². The molecule has 0 fully saturated rings. The van der Waals surface area contributed by atoms with Gasteiger partial charge in [-0.1, -0.05) is 23.7 Å². The minimum absolute atomic E-state index is 0.0577. The Labute approximate surface area is 125 Å². The van der Waals surface area contributed by atoms with Gasteiger partial charge in [-0.05, 0) is 18.6 Å². The van der Waals surface area contributed by atoms with Gasteiger partial charge in [0.05, 0.1) is 5.69 Å². The number of carbonyl (C=O) groups is 1. The van der Waals surface area contributed by atoms with E-state index in [4.69, 9.17) is 23.2 Å². The summed E-state index contributed by atoms with van der Waals surface area (Å²) in [5.74, 6) is 0.430. The van der Waals surface area contributed by atoms with Crippen LogP contribution in [0.2, 0.25) is 5.02 Å². The number of alkyl halides is 1. The molecule has 0 aliphatic rings. The van der Waals surface area contributed by atoms with Crippen molar-refractivity contribution in [2.24, 2.45) is 0 Å². The molecule has 1 aromatic carbocycles. The molecular weight excluding hydrogens is 303 g/mol. The maximum atomic E-state index is 11.5. The van der Waals surface area contributed by atoms with Gasteiger partial charge in [0.25, 0.3) is 0 Å². The molecular formula is C13H12Cl2N2OS. The Bertz CT molecular complexity index is 554. The Morgan fingerprint density at radius 3 is 2.74 bits per heavy atom. The monoisotopic (exact) mass is 314 g/mol. The Kier molecular flexibility index (Phi) is 5.19. The van der Waals surface area contributed by atoms with Crippen LogP contribution < -0.4 is 5.32 Å². The summed E-state index contributed by atoms with van der Waals surface area (Å²) in [5, 5.41) is 5.96. The lowest BCUT2D eigenvalue weighted by Gasteiger charge is -1.99. The standard InChI is InChI=1S/C13H12Cl2N2OS/c14-7-1-2-12(18)17-13-16-11(8-19-13)9-3-5-10(15)6-4-9/h3-6,8H,1-2,7H2,(H,16,17,18). The number of rotatable bonds is 5. The summed E-state index contributed by atoms with van der Waals surface area (Å²) in [4.78, 5) is 15.9. The summed E-state index contributed by atoms with van der Waals surface area (Å²) >= 11 is 12.8. The third kappa shape index (κ3) is 4.20. The zero-order valence-electron chi connectivity index (χ0n) is 10.0. The molecule has 2 aromatic rings. The molecule has 0 aliphatic heterocycles. The first-order valence-electron chi connectivity index (χ1n) is 5.76. The van der Waals surface area contributed by atoms with Crippen molar-refractivity contribution in [1.82, 2.24) is 4.98 Å². The normalized spacial score (nSPS) is 10.4. The van der Waals surface area contributed by atoms with Gasteiger partial charge in [-0.25, -0.2) is 4.98 Å². The highest BCUT2D eigenvalue weighted by atomic mass is 35.5. The van der Waals surface area contributed by atoms with Crippen LogP contribution in [-0.4, -0.2) is 16.8 Å².